The van der Waals surface area contributed by atoms with Gasteiger partial charge in [0.25, 0.3) is 0 Å². The topological polar surface area (TPSA) is 12.0 Å². The van der Waals surface area contributed by atoms with Crippen LogP contribution >= 0.6 is 0 Å². The monoisotopic (exact) mass is 211 g/mol. The Hall–Kier alpha value is -0.300. The minimum atomic E-state index is 0.595. The highest BCUT2D eigenvalue weighted by Gasteiger charge is 2.14. The van der Waals surface area contributed by atoms with Crippen LogP contribution in [0.15, 0.2) is 11.1 Å². The zero-order valence-corrected chi connectivity index (χ0v) is 11.5. The van der Waals surface area contributed by atoms with Gasteiger partial charge in [-0.25, -0.2) is 0 Å². The molecule has 0 radical (unpaired) electrons. The third kappa shape index (κ3) is 5.99. The lowest BCUT2D eigenvalue weighted by Gasteiger charge is -2.23. The number of allylic oxidation sites excluding steroid dienone is 1. The van der Waals surface area contributed by atoms with Crippen molar-refractivity contribution in [1.29, 1.82) is 0 Å². The molecule has 0 aromatic carbocycles. The number of hydrogen-bond acceptors (Lipinski definition) is 1. The van der Waals surface area contributed by atoms with Gasteiger partial charge in [-0.05, 0) is 39.7 Å². The summed E-state index contributed by atoms with van der Waals surface area (Å²) in [4.78, 5) is 0. The average Bonchev–Trinajstić information content (AvgIpc) is 2.16. The van der Waals surface area contributed by atoms with Gasteiger partial charge in [-0.1, -0.05) is 44.8 Å². The molecule has 1 nitrogen and oxygen atoms in total. The normalized spacial score (nSPS) is 13.0. The van der Waals surface area contributed by atoms with E-state index in [1.54, 1.807) is 5.57 Å². The van der Waals surface area contributed by atoms with Crippen molar-refractivity contribution in [3.8, 4) is 0 Å². The Labute approximate surface area is 96.3 Å². The zero-order chi connectivity index (χ0) is 11.8. The van der Waals surface area contributed by atoms with Crippen molar-refractivity contribution in [3.63, 3.8) is 0 Å². The van der Waals surface area contributed by atoms with E-state index in [1.807, 2.05) is 0 Å². The van der Waals surface area contributed by atoms with E-state index in [-0.39, 0.29) is 0 Å². The van der Waals surface area contributed by atoms with Gasteiger partial charge in [0.1, 0.15) is 0 Å². The van der Waals surface area contributed by atoms with Gasteiger partial charge in [-0.2, -0.15) is 0 Å². The van der Waals surface area contributed by atoms with Crippen LogP contribution in [0.4, 0.5) is 0 Å². The number of rotatable bonds is 7. The Bertz CT molecular complexity index is 188. The van der Waals surface area contributed by atoms with Crippen LogP contribution < -0.4 is 5.32 Å². The van der Waals surface area contributed by atoms with Crippen LogP contribution in [-0.2, 0) is 0 Å². The molecule has 0 saturated heterocycles. The van der Waals surface area contributed by atoms with Crippen LogP contribution in [0.2, 0.25) is 0 Å². The lowest BCUT2D eigenvalue weighted by Crippen LogP contribution is -2.28. The highest BCUT2D eigenvalue weighted by atomic mass is 14.9. The fraction of sp³-hybridized carbons (Fsp3) is 0.857. The Morgan fingerprint density at radius 1 is 1.20 bits per heavy atom. The summed E-state index contributed by atoms with van der Waals surface area (Å²) in [6, 6.07) is 0.595. The molecule has 1 heteroatoms. The number of likely N-dealkylation sites (N-methyl/N-ethyl adjacent to an activating group) is 1. The lowest BCUT2D eigenvalue weighted by atomic mass is 9.90. The van der Waals surface area contributed by atoms with Gasteiger partial charge in [0.2, 0.25) is 0 Å². The van der Waals surface area contributed by atoms with Crippen molar-refractivity contribution in [2.45, 2.75) is 66.3 Å². The third-order valence-corrected chi connectivity index (χ3v) is 2.89. The second kappa shape index (κ2) is 7.92. The van der Waals surface area contributed by atoms with Gasteiger partial charge in [0.15, 0.2) is 0 Å². The van der Waals surface area contributed by atoms with E-state index in [1.165, 1.54) is 31.3 Å². The zero-order valence-electron chi connectivity index (χ0n) is 11.5. The summed E-state index contributed by atoms with van der Waals surface area (Å²) in [5.41, 5.74) is 3.13. The smallest absolute Gasteiger partial charge is 0.0279 e. The molecule has 0 heterocycles. The maximum absolute atomic E-state index is 3.47. The molecule has 0 saturated carbocycles. The number of nitrogens with one attached hydrogen (secondary N) is 1. The summed E-state index contributed by atoms with van der Waals surface area (Å²) in [7, 11) is 2.09. The minimum Gasteiger partial charge on any atom is -0.313 e. The maximum Gasteiger partial charge on any atom is 0.0279 e. The largest absolute Gasteiger partial charge is 0.313 e. The van der Waals surface area contributed by atoms with Crippen molar-refractivity contribution >= 4 is 0 Å². The standard InChI is InChI=1S/C14H29N/c1-7-8-9-14(15-6)13(12(4)5)10-11(2)3/h11,14-15H,7-10H2,1-6H3. The van der Waals surface area contributed by atoms with Crippen LogP contribution in [0.1, 0.15) is 60.3 Å². The molecule has 0 amide bonds. The van der Waals surface area contributed by atoms with E-state index >= 15 is 0 Å². The number of unbranched alkanes of at least 4 members (excludes halogenated alkanes) is 1. The average molecular weight is 211 g/mol. The van der Waals surface area contributed by atoms with Crippen LogP contribution in [0, 0.1) is 5.92 Å². The molecule has 90 valence electrons. The Morgan fingerprint density at radius 2 is 1.80 bits per heavy atom. The van der Waals surface area contributed by atoms with Crippen LogP contribution in [0.25, 0.3) is 0 Å². The van der Waals surface area contributed by atoms with Gasteiger partial charge in [0.05, 0.1) is 0 Å². The van der Waals surface area contributed by atoms with Crippen LogP contribution in [-0.4, -0.2) is 13.1 Å². The molecular weight excluding hydrogens is 182 g/mol. The fourth-order valence-corrected chi connectivity index (χ4v) is 2.04. The van der Waals surface area contributed by atoms with Gasteiger partial charge in [-0.15, -0.1) is 0 Å². The maximum atomic E-state index is 3.47. The molecule has 0 bridgehead atoms. The van der Waals surface area contributed by atoms with Crippen molar-refractivity contribution in [1.82, 2.24) is 5.32 Å². The summed E-state index contributed by atoms with van der Waals surface area (Å²) in [6.07, 6.45) is 5.12. The lowest BCUT2D eigenvalue weighted by molar-refractivity contribution is 0.508. The molecule has 1 N–H and O–H groups in total. The first-order valence-electron chi connectivity index (χ1n) is 6.36. The summed E-state index contributed by atoms with van der Waals surface area (Å²) >= 11 is 0. The molecule has 0 spiro atoms. The predicted octanol–water partition coefficient (Wildman–Crippen LogP) is 4.15. The number of hydrogen-bond donors (Lipinski definition) is 1. The molecule has 0 aromatic heterocycles. The Kier molecular flexibility index (Phi) is 7.76. The summed E-state index contributed by atoms with van der Waals surface area (Å²) in [5.74, 6) is 0.757. The van der Waals surface area contributed by atoms with Gasteiger partial charge in [-0.3, -0.25) is 0 Å². The quantitative estimate of drug-likeness (QED) is 0.624. The molecule has 15 heavy (non-hydrogen) atoms. The molecule has 1 atom stereocenters. The molecular formula is C14H29N. The Morgan fingerprint density at radius 3 is 2.13 bits per heavy atom. The summed E-state index contributed by atoms with van der Waals surface area (Å²) in [6.45, 7) is 11.4. The predicted molar refractivity (Wildman–Crippen MR) is 70.2 cm³/mol. The van der Waals surface area contributed by atoms with E-state index in [9.17, 15) is 0 Å². The highest BCUT2D eigenvalue weighted by molar-refractivity contribution is 5.17. The van der Waals surface area contributed by atoms with Gasteiger partial charge in [0, 0.05) is 6.04 Å². The summed E-state index contributed by atoms with van der Waals surface area (Å²) in [5, 5.41) is 3.47. The van der Waals surface area contributed by atoms with Crippen molar-refractivity contribution < 1.29 is 0 Å². The molecule has 0 aromatic rings. The van der Waals surface area contributed by atoms with Crippen LogP contribution in [0.3, 0.4) is 0 Å². The molecule has 0 aliphatic carbocycles. The van der Waals surface area contributed by atoms with Gasteiger partial charge < -0.3 is 5.32 Å². The second-order valence-electron chi connectivity index (χ2n) is 5.11. The third-order valence-electron chi connectivity index (χ3n) is 2.89. The summed E-state index contributed by atoms with van der Waals surface area (Å²) < 4.78 is 0. The second-order valence-corrected chi connectivity index (χ2v) is 5.11. The van der Waals surface area contributed by atoms with E-state index in [0.29, 0.717) is 6.04 Å². The van der Waals surface area contributed by atoms with Crippen molar-refractivity contribution in [2.24, 2.45) is 5.92 Å². The first-order chi connectivity index (χ1) is 7.02. The first kappa shape index (κ1) is 14.7. The molecule has 0 aliphatic rings. The van der Waals surface area contributed by atoms with Crippen molar-refractivity contribution in [2.75, 3.05) is 7.05 Å². The molecule has 0 aliphatic heterocycles. The van der Waals surface area contributed by atoms with E-state index in [2.05, 4.69) is 47.0 Å². The van der Waals surface area contributed by atoms with Gasteiger partial charge >= 0.3 is 0 Å². The highest BCUT2D eigenvalue weighted by Crippen LogP contribution is 2.21. The first-order valence-corrected chi connectivity index (χ1v) is 6.36. The fourth-order valence-electron chi connectivity index (χ4n) is 2.04. The molecule has 0 fully saturated rings. The minimum absolute atomic E-state index is 0.595. The van der Waals surface area contributed by atoms with E-state index < -0.39 is 0 Å². The van der Waals surface area contributed by atoms with Crippen LogP contribution in [0.5, 0.6) is 0 Å². The molecule has 1 unspecified atom stereocenters. The van der Waals surface area contributed by atoms with Crippen molar-refractivity contribution in [3.05, 3.63) is 11.1 Å². The van der Waals surface area contributed by atoms with E-state index in [0.717, 1.165) is 5.92 Å². The Balaban J connectivity index is 4.50. The molecule has 0 rings (SSSR count). The SMILES string of the molecule is CCCCC(NC)C(CC(C)C)=C(C)C. The van der Waals surface area contributed by atoms with E-state index in [4.69, 9.17) is 0 Å².